The Hall–Kier alpha value is -1.23. The van der Waals surface area contributed by atoms with Crippen molar-refractivity contribution in [2.24, 2.45) is 0 Å². The van der Waals surface area contributed by atoms with Gasteiger partial charge in [0.2, 0.25) is 9.84 Å². The third-order valence-corrected chi connectivity index (χ3v) is 3.04. The summed E-state index contributed by atoms with van der Waals surface area (Å²) in [4.78, 5) is 10.7. The average molecular weight is 216 g/mol. The van der Waals surface area contributed by atoms with Gasteiger partial charge in [0.05, 0.1) is 4.90 Å². The maximum atomic E-state index is 12.1. The van der Waals surface area contributed by atoms with Crippen molar-refractivity contribution in [3.63, 3.8) is 0 Å². The molecule has 76 valence electrons. The fourth-order valence-corrected chi connectivity index (χ4v) is 1.64. The topological polar surface area (TPSA) is 51.2 Å². The van der Waals surface area contributed by atoms with Crippen LogP contribution in [0.4, 0.5) is 4.39 Å². The number of carbonyl (C=O) groups excluding carboxylic acids is 1. The zero-order valence-corrected chi connectivity index (χ0v) is 8.34. The quantitative estimate of drug-likeness (QED) is 0.721. The van der Waals surface area contributed by atoms with Crippen LogP contribution in [0.1, 0.15) is 17.3 Å². The van der Waals surface area contributed by atoms with Gasteiger partial charge in [-0.05, 0) is 19.1 Å². The first-order valence-corrected chi connectivity index (χ1v) is 5.52. The number of hydrogen-bond acceptors (Lipinski definition) is 3. The van der Waals surface area contributed by atoms with E-state index in [9.17, 15) is 17.6 Å². The van der Waals surface area contributed by atoms with E-state index in [0.717, 1.165) is 0 Å². The van der Waals surface area contributed by atoms with Crippen LogP contribution in [0.15, 0.2) is 29.2 Å². The molecule has 0 heterocycles. The van der Waals surface area contributed by atoms with Crippen molar-refractivity contribution in [1.29, 1.82) is 0 Å². The Bertz CT molecular complexity index is 434. The summed E-state index contributed by atoms with van der Waals surface area (Å²) in [5.74, 6) is -0.158. The summed E-state index contributed by atoms with van der Waals surface area (Å²) in [6.07, 6.45) is 0. The van der Waals surface area contributed by atoms with Crippen LogP contribution in [0.5, 0.6) is 0 Å². The Labute approximate surface area is 81.5 Å². The van der Waals surface area contributed by atoms with Crippen LogP contribution in [0.25, 0.3) is 0 Å². The predicted molar refractivity (Wildman–Crippen MR) is 49.6 cm³/mol. The molecular weight excluding hydrogens is 207 g/mol. The van der Waals surface area contributed by atoms with Gasteiger partial charge in [-0.3, -0.25) is 4.79 Å². The second kappa shape index (κ2) is 3.88. The molecule has 0 unspecified atom stereocenters. The number of ketones is 1. The van der Waals surface area contributed by atoms with E-state index >= 15 is 0 Å². The SMILES string of the molecule is CC(=O)c1ccc(S(=O)(=O)CF)cc1. The van der Waals surface area contributed by atoms with E-state index < -0.39 is 15.8 Å². The van der Waals surface area contributed by atoms with Crippen LogP contribution in [-0.2, 0) is 9.84 Å². The lowest BCUT2D eigenvalue weighted by atomic mass is 10.2. The molecule has 0 aliphatic heterocycles. The summed E-state index contributed by atoms with van der Waals surface area (Å²) in [5, 5.41) is 0. The number of sulfone groups is 1. The molecule has 0 aliphatic carbocycles. The summed E-state index contributed by atoms with van der Waals surface area (Å²) >= 11 is 0. The van der Waals surface area contributed by atoms with Gasteiger partial charge in [0.15, 0.2) is 11.8 Å². The van der Waals surface area contributed by atoms with Crippen LogP contribution in [0, 0.1) is 0 Å². The number of halogens is 1. The normalized spacial score (nSPS) is 11.3. The minimum atomic E-state index is -3.82. The summed E-state index contributed by atoms with van der Waals surface area (Å²) in [5.41, 5.74) is 0.405. The molecule has 0 saturated heterocycles. The van der Waals surface area contributed by atoms with Crippen LogP contribution in [0.2, 0.25) is 0 Å². The van der Waals surface area contributed by atoms with Crippen LogP contribution < -0.4 is 0 Å². The fraction of sp³-hybridized carbons (Fsp3) is 0.222. The van der Waals surface area contributed by atoms with Crippen molar-refractivity contribution in [3.8, 4) is 0 Å². The third-order valence-electron chi connectivity index (χ3n) is 1.76. The Morgan fingerprint density at radius 2 is 1.79 bits per heavy atom. The molecule has 0 N–H and O–H groups in total. The van der Waals surface area contributed by atoms with Crippen LogP contribution in [0.3, 0.4) is 0 Å². The highest BCUT2D eigenvalue weighted by molar-refractivity contribution is 7.91. The standard InChI is InChI=1S/C9H9FO3S/c1-7(11)8-2-4-9(5-3-8)14(12,13)6-10/h2-5H,6H2,1H3. The molecule has 0 atom stereocenters. The Balaban J connectivity index is 3.12. The lowest BCUT2D eigenvalue weighted by molar-refractivity contribution is 0.101. The van der Waals surface area contributed by atoms with Gasteiger partial charge in [0.1, 0.15) is 0 Å². The zero-order valence-electron chi connectivity index (χ0n) is 7.53. The lowest BCUT2D eigenvalue weighted by Gasteiger charge is -2.00. The smallest absolute Gasteiger partial charge is 0.207 e. The second-order valence-corrected chi connectivity index (χ2v) is 4.72. The monoisotopic (exact) mass is 216 g/mol. The Morgan fingerprint density at radius 1 is 1.29 bits per heavy atom. The van der Waals surface area contributed by atoms with E-state index in [1.54, 1.807) is 0 Å². The van der Waals surface area contributed by atoms with Crippen molar-refractivity contribution in [1.82, 2.24) is 0 Å². The maximum absolute atomic E-state index is 12.1. The van der Waals surface area contributed by atoms with Crippen molar-refractivity contribution in [2.75, 3.05) is 6.01 Å². The van der Waals surface area contributed by atoms with Crippen LogP contribution in [-0.4, -0.2) is 20.2 Å². The summed E-state index contributed by atoms with van der Waals surface area (Å²) in [6.45, 7) is 1.37. The molecule has 1 aromatic rings. The molecule has 5 heteroatoms. The first-order chi connectivity index (χ1) is 6.47. The summed E-state index contributed by atoms with van der Waals surface area (Å²) in [6, 6.07) is 3.76. The second-order valence-electron chi connectivity index (χ2n) is 2.80. The minimum absolute atomic E-state index is 0.106. The molecular formula is C9H9FO3S. The number of Topliss-reactive ketones (excluding diaryl/α,β-unsaturated/α-hetero) is 1. The van der Waals surface area contributed by atoms with Gasteiger partial charge in [-0.15, -0.1) is 0 Å². The molecule has 0 amide bonds. The number of rotatable bonds is 3. The zero-order chi connectivity index (χ0) is 10.8. The molecule has 14 heavy (non-hydrogen) atoms. The molecule has 3 nitrogen and oxygen atoms in total. The van der Waals surface area contributed by atoms with E-state index in [2.05, 4.69) is 0 Å². The molecule has 0 spiro atoms. The molecule has 0 bridgehead atoms. The van der Waals surface area contributed by atoms with E-state index in [0.29, 0.717) is 5.56 Å². The molecule has 1 aromatic carbocycles. The molecule has 0 radical (unpaired) electrons. The Kier molecular flexibility index (Phi) is 3.00. The van der Waals surface area contributed by atoms with Gasteiger partial charge in [0.25, 0.3) is 0 Å². The van der Waals surface area contributed by atoms with Gasteiger partial charge < -0.3 is 0 Å². The minimum Gasteiger partial charge on any atom is -0.295 e. The molecule has 0 aliphatic rings. The molecule has 0 saturated carbocycles. The average Bonchev–Trinajstić information content (AvgIpc) is 2.18. The van der Waals surface area contributed by atoms with Gasteiger partial charge in [0, 0.05) is 5.56 Å². The number of hydrogen-bond donors (Lipinski definition) is 0. The first kappa shape index (κ1) is 10.8. The number of carbonyl (C=O) groups is 1. The number of benzene rings is 1. The third kappa shape index (κ3) is 2.17. The van der Waals surface area contributed by atoms with Gasteiger partial charge >= 0.3 is 0 Å². The highest BCUT2D eigenvalue weighted by atomic mass is 32.2. The summed E-state index contributed by atoms with van der Waals surface area (Å²) in [7, 11) is -3.82. The molecule has 0 aromatic heterocycles. The highest BCUT2D eigenvalue weighted by Crippen LogP contribution is 2.12. The van der Waals surface area contributed by atoms with Gasteiger partial charge in [-0.25, -0.2) is 12.8 Å². The van der Waals surface area contributed by atoms with E-state index in [1.165, 1.54) is 31.2 Å². The number of alkyl halides is 1. The van der Waals surface area contributed by atoms with E-state index in [-0.39, 0.29) is 10.7 Å². The maximum Gasteiger partial charge on any atom is 0.207 e. The van der Waals surface area contributed by atoms with E-state index in [4.69, 9.17) is 0 Å². The predicted octanol–water partition coefficient (Wildman–Crippen LogP) is 1.59. The molecule has 0 fully saturated rings. The van der Waals surface area contributed by atoms with Crippen molar-refractivity contribution >= 4 is 15.6 Å². The fourth-order valence-electron chi connectivity index (χ4n) is 0.960. The van der Waals surface area contributed by atoms with Crippen molar-refractivity contribution in [3.05, 3.63) is 29.8 Å². The van der Waals surface area contributed by atoms with Crippen molar-refractivity contribution in [2.45, 2.75) is 11.8 Å². The summed E-state index contributed by atoms with van der Waals surface area (Å²) < 4.78 is 34.1. The molecule has 1 rings (SSSR count). The largest absolute Gasteiger partial charge is 0.295 e. The van der Waals surface area contributed by atoms with Crippen molar-refractivity contribution < 1.29 is 17.6 Å². The van der Waals surface area contributed by atoms with Gasteiger partial charge in [-0.1, -0.05) is 12.1 Å². The van der Waals surface area contributed by atoms with E-state index in [1.807, 2.05) is 0 Å². The first-order valence-electron chi connectivity index (χ1n) is 3.87. The Morgan fingerprint density at radius 3 is 2.14 bits per heavy atom. The van der Waals surface area contributed by atoms with Gasteiger partial charge in [-0.2, -0.15) is 0 Å². The van der Waals surface area contributed by atoms with Crippen LogP contribution >= 0.6 is 0 Å². The highest BCUT2D eigenvalue weighted by Gasteiger charge is 2.13. The lowest BCUT2D eigenvalue weighted by Crippen LogP contribution is -2.03.